The summed E-state index contributed by atoms with van der Waals surface area (Å²) in [5, 5.41) is 3.48. The third-order valence-electron chi connectivity index (χ3n) is 7.19. The van der Waals surface area contributed by atoms with Gasteiger partial charge in [0.05, 0.1) is 16.6 Å². The van der Waals surface area contributed by atoms with Crippen LogP contribution in [0.1, 0.15) is 27.0 Å². The zero-order valence-corrected chi connectivity index (χ0v) is 21.6. The first kappa shape index (κ1) is 25.9. The molecule has 0 bridgehead atoms. The van der Waals surface area contributed by atoms with Gasteiger partial charge in [0.25, 0.3) is 5.91 Å². The number of ether oxygens (including phenoxy) is 2. The van der Waals surface area contributed by atoms with Crippen LogP contribution in [0.3, 0.4) is 0 Å². The lowest BCUT2D eigenvalue weighted by atomic mass is 10.1. The van der Waals surface area contributed by atoms with Crippen molar-refractivity contribution in [3.8, 4) is 11.5 Å². The number of pyridine rings is 1. The second kappa shape index (κ2) is 10.7. The molecule has 1 amide bonds. The fraction of sp³-hybridized carbons (Fsp3) is 0.267. The first-order valence-corrected chi connectivity index (χ1v) is 13.0. The number of halogens is 3. The normalized spacial score (nSPS) is 15.4. The molecule has 0 radical (unpaired) electrons. The maximum atomic E-state index is 13.3. The lowest BCUT2D eigenvalue weighted by molar-refractivity contribution is -0.137. The van der Waals surface area contributed by atoms with Gasteiger partial charge in [-0.3, -0.25) is 9.69 Å². The molecule has 1 aromatic heterocycles. The second-order valence-corrected chi connectivity index (χ2v) is 9.88. The number of aromatic nitrogens is 1. The molecule has 0 aliphatic carbocycles. The Morgan fingerprint density at radius 1 is 0.875 bits per heavy atom. The van der Waals surface area contributed by atoms with Crippen LogP contribution in [-0.4, -0.2) is 48.8 Å². The van der Waals surface area contributed by atoms with E-state index in [-0.39, 0.29) is 19.2 Å². The monoisotopic (exact) mass is 548 g/mol. The number of benzene rings is 3. The van der Waals surface area contributed by atoms with Crippen LogP contribution in [0.15, 0.2) is 72.8 Å². The molecule has 7 nitrogen and oxygen atoms in total. The van der Waals surface area contributed by atoms with E-state index < -0.39 is 11.7 Å². The quantitative estimate of drug-likeness (QED) is 0.356. The maximum absolute atomic E-state index is 13.3. The Kier molecular flexibility index (Phi) is 6.93. The lowest BCUT2D eigenvalue weighted by Crippen LogP contribution is -2.46. The minimum Gasteiger partial charge on any atom is -0.454 e. The second-order valence-electron chi connectivity index (χ2n) is 9.88. The number of carbonyl (C=O) groups excluding carboxylic acids is 1. The number of nitrogens with zero attached hydrogens (tertiary/aromatic N) is 3. The lowest BCUT2D eigenvalue weighted by Gasteiger charge is -2.35. The molecule has 0 atom stereocenters. The number of para-hydroxylation sites is 1. The van der Waals surface area contributed by atoms with E-state index in [2.05, 4.69) is 21.2 Å². The molecule has 3 aromatic carbocycles. The molecule has 2 aliphatic heterocycles. The van der Waals surface area contributed by atoms with Crippen LogP contribution in [0, 0.1) is 0 Å². The van der Waals surface area contributed by atoms with E-state index in [1.165, 1.54) is 6.07 Å². The van der Waals surface area contributed by atoms with Gasteiger partial charge < -0.3 is 19.7 Å². The largest absolute Gasteiger partial charge is 0.454 e. The molecule has 3 heterocycles. The summed E-state index contributed by atoms with van der Waals surface area (Å²) in [5.41, 5.74) is 1.91. The highest BCUT2D eigenvalue weighted by Crippen LogP contribution is 2.33. The molecule has 40 heavy (non-hydrogen) atoms. The van der Waals surface area contributed by atoms with Crippen molar-refractivity contribution in [2.45, 2.75) is 19.3 Å². The summed E-state index contributed by atoms with van der Waals surface area (Å²) in [6.07, 6.45) is -4.44. The van der Waals surface area contributed by atoms with E-state index in [9.17, 15) is 18.0 Å². The summed E-state index contributed by atoms with van der Waals surface area (Å²) in [6.45, 7) is 4.13. The summed E-state index contributed by atoms with van der Waals surface area (Å²) in [6, 6.07) is 20.2. The molecule has 206 valence electrons. The predicted octanol–water partition coefficient (Wildman–Crippen LogP) is 5.23. The van der Waals surface area contributed by atoms with Crippen LogP contribution in [0.25, 0.3) is 10.9 Å². The molecule has 0 spiro atoms. The van der Waals surface area contributed by atoms with Gasteiger partial charge in [0.15, 0.2) is 11.5 Å². The number of hydrogen-bond acceptors (Lipinski definition) is 6. The van der Waals surface area contributed by atoms with Gasteiger partial charge in [0.2, 0.25) is 6.79 Å². The van der Waals surface area contributed by atoms with Gasteiger partial charge in [0, 0.05) is 44.7 Å². The van der Waals surface area contributed by atoms with Crippen LogP contribution in [0.5, 0.6) is 11.5 Å². The fourth-order valence-electron chi connectivity index (χ4n) is 5.08. The van der Waals surface area contributed by atoms with Crippen molar-refractivity contribution in [1.82, 2.24) is 15.2 Å². The predicted molar refractivity (Wildman–Crippen MR) is 144 cm³/mol. The van der Waals surface area contributed by atoms with Gasteiger partial charge in [-0.25, -0.2) is 4.98 Å². The molecule has 6 rings (SSSR count). The van der Waals surface area contributed by atoms with Crippen LogP contribution >= 0.6 is 0 Å². The first-order chi connectivity index (χ1) is 19.3. The molecule has 2 aliphatic rings. The van der Waals surface area contributed by atoms with E-state index in [4.69, 9.17) is 14.5 Å². The number of alkyl halides is 3. The van der Waals surface area contributed by atoms with Crippen molar-refractivity contribution in [2.24, 2.45) is 0 Å². The highest BCUT2D eigenvalue weighted by Gasteiger charge is 2.30. The molecular weight excluding hydrogens is 521 g/mol. The SMILES string of the molecule is O=C(NCc1cccc(C(F)(F)F)c1)c1cc(N2CCN(Cc3ccc4c(c3)OCO4)CC2)nc2ccccc12. The zero-order chi connectivity index (χ0) is 27.7. The number of amides is 1. The Morgan fingerprint density at radius 3 is 2.50 bits per heavy atom. The van der Waals surface area contributed by atoms with Crippen molar-refractivity contribution < 1.29 is 27.4 Å². The number of piperazine rings is 1. The maximum Gasteiger partial charge on any atom is 0.416 e. The van der Waals surface area contributed by atoms with E-state index in [1.807, 2.05) is 36.4 Å². The summed E-state index contributed by atoms with van der Waals surface area (Å²) < 4.78 is 50.2. The summed E-state index contributed by atoms with van der Waals surface area (Å²) in [7, 11) is 0. The number of carbonyl (C=O) groups is 1. The van der Waals surface area contributed by atoms with Gasteiger partial charge in [-0.2, -0.15) is 13.2 Å². The van der Waals surface area contributed by atoms with Gasteiger partial charge in [-0.1, -0.05) is 36.4 Å². The van der Waals surface area contributed by atoms with E-state index in [1.54, 1.807) is 12.1 Å². The molecule has 0 saturated carbocycles. The fourth-order valence-corrected chi connectivity index (χ4v) is 5.08. The van der Waals surface area contributed by atoms with Gasteiger partial charge in [0.1, 0.15) is 5.82 Å². The van der Waals surface area contributed by atoms with Crippen molar-refractivity contribution in [3.05, 3.63) is 95.1 Å². The number of rotatable bonds is 6. The Hall–Kier alpha value is -4.31. The van der Waals surface area contributed by atoms with Crippen LogP contribution in [-0.2, 0) is 19.3 Å². The summed E-state index contributed by atoms with van der Waals surface area (Å²) >= 11 is 0. The molecular formula is C30H27F3N4O3. The van der Waals surface area contributed by atoms with Crippen molar-refractivity contribution >= 4 is 22.6 Å². The average Bonchev–Trinajstić information content (AvgIpc) is 3.43. The van der Waals surface area contributed by atoms with Crippen molar-refractivity contribution in [2.75, 3.05) is 37.9 Å². The standard InChI is InChI=1S/C30H27F3N4O3/c31-30(32,33)22-5-3-4-20(14-22)17-34-29(38)24-16-28(35-25-7-2-1-6-23(24)25)37-12-10-36(11-13-37)18-21-8-9-26-27(15-21)40-19-39-26/h1-9,14-16H,10-13,17-19H2,(H,34,38). The van der Waals surface area contributed by atoms with Gasteiger partial charge in [-0.05, 0) is 47.5 Å². The van der Waals surface area contributed by atoms with Crippen LogP contribution in [0.4, 0.5) is 19.0 Å². The van der Waals surface area contributed by atoms with Crippen molar-refractivity contribution in [1.29, 1.82) is 0 Å². The smallest absolute Gasteiger partial charge is 0.416 e. The van der Waals surface area contributed by atoms with Crippen molar-refractivity contribution in [3.63, 3.8) is 0 Å². The van der Waals surface area contributed by atoms with E-state index in [0.717, 1.165) is 61.9 Å². The Balaban J connectivity index is 1.15. The summed E-state index contributed by atoms with van der Waals surface area (Å²) in [4.78, 5) is 22.6. The molecule has 4 aromatic rings. The topological polar surface area (TPSA) is 66.9 Å². The Morgan fingerprint density at radius 2 is 1.68 bits per heavy atom. The number of nitrogens with one attached hydrogen (secondary N) is 1. The van der Waals surface area contributed by atoms with Gasteiger partial charge in [-0.15, -0.1) is 0 Å². The highest BCUT2D eigenvalue weighted by molar-refractivity contribution is 6.07. The Labute approximate surface area is 229 Å². The third-order valence-corrected chi connectivity index (χ3v) is 7.19. The van der Waals surface area contributed by atoms with Gasteiger partial charge >= 0.3 is 6.18 Å². The zero-order valence-electron chi connectivity index (χ0n) is 21.6. The van der Waals surface area contributed by atoms with E-state index in [0.29, 0.717) is 27.8 Å². The molecule has 1 fully saturated rings. The summed E-state index contributed by atoms with van der Waals surface area (Å²) in [5.74, 6) is 1.88. The molecule has 0 unspecified atom stereocenters. The highest BCUT2D eigenvalue weighted by atomic mass is 19.4. The number of hydrogen-bond donors (Lipinski definition) is 1. The number of anilines is 1. The molecule has 10 heteroatoms. The molecule has 1 saturated heterocycles. The third kappa shape index (κ3) is 5.53. The van der Waals surface area contributed by atoms with Crippen LogP contribution in [0.2, 0.25) is 0 Å². The minimum absolute atomic E-state index is 0.0206. The average molecular weight is 549 g/mol. The molecule has 1 N–H and O–H groups in total. The number of fused-ring (bicyclic) bond motifs is 2. The first-order valence-electron chi connectivity index (χ1n) is 13.0. The minimum atomic E-state index is -4.44. The van der Waals surface area contributed by atoms with E-state index >= 15 is 0 Å². The van der Waals surface area contributed by atoms with Crippen LogP contribution < -0.4 is 19.7 Å². The Bertz CT molecular complexity index is 1550.